The molecular weight excluding hydrogens is 785 g/mol. The van der Waals surface area contributed by atoms with Gasteiger partial charge in [-0.25, -0.2) is 24.4 Å². The quantitative estimate of drug-likeness (QED) is 0.0199. The third kappa shape index (κ3) is 21.0. The molecule has 0 aromatic rings. The molecule has 5 N–H and O–H groups in total. The first kappa shape index (κ1) is 57.5. The normalized spacial score (nSPS) is 18.1. The van der Waals surface area contributed by atoms with E-state index in [0.717, 1.165) is 77.0 Å². The van der Waals surface area contributed by atoms with Crippen molar-refractivity contribution in [1.29, 1.82) is 0 Å². The molecule has 0 amide bonds. The lowest BCUT2D eigenvalue weighted by Crippen LogP contribution is -2.82. The van der Waals surface area contributed by atoms with Crippen LogP contribution in [0.15, 0.2) is 29.3 Å². The van der Waals surface area contributed by atoms with Crippen LogP contribution in [0.1, 0.15) is 208 Å². The number of carbonyl (C=O) groups excluding carboxylic acids is 2. The lowest BCUT2D eigenvalue weighted by Gasteiger charge is -2.63. The summed E-state index contributed by atoms with van der Waals surface area (Å²) in [5.74, 6) is -2.93. The van der Waals surface area contributed by atoms with E-state index in [1.54, 1.807) is 0 Å². The van der Waals surface area contributed by atoms with Crippen molar-refractivity contribution < 1.29 is 34.0 Å². The summed E-state index contributed by atoms with van der Waals surface area (Å²) in [6.45, 7) is 20.2. The highest BCUT2D eigenvalue weighted by molar-refractivity contribution is 5.88. The van der Waals surface area contributed by atoms with Gasteiger partial charge in [-0.2, -0.15) is 0 Å². The average Bonchev–Trinajstić information content (AvgIpc) is 3.24. The van der Waals surface area contributed by atoms with Crippen LogP contribution in [-0.2, 0) is 23.8 Å². The number of nitrogens with one attached hydrogen (secondary N) is 1. The Morgan fingerprint density at radius 3 is 1.58 bits per heavy atom. The molecule has 0 radical (unpaired) electrons. The van der Waals surface area contributed by atoms with Crippen LogP contribution in [0.2, 0.25) is 0 Å². The Kier molecular flexibility index (Phi) is 32.3. The van der Waals surface area contributed by atoms with E-state index in [2.05, 4.69) is 60.9 Å². The number of ether oxygens (including phenoxy) is 3. The molecule has 1 aliphatic heterocycles. The van der Waals surface area contributed by atoms with Crippen molar-refractivity contribution in [1.82, 2.24) is 20.0 Å². The van der Waals surface area contributed by atoms with Gasteiger partial charge in [0, 0.05) is 37.2 Å². The molecule has 0 saturated heterocycles. The molecule has 1 aliphatic rings. The number of hydrogen-bond acceptors (Lipinski definition) is 13. The first-order chi connectivity index (χ1) is 29.9. The smallest absolute Gasteiger partial charge is 0.336 e. The van der Waals surface area contributed by atoms with E-state index >= 15 is 0 Å². The van der Waals surface area contributed by atoms with E-state index in [1.165, 1.54) is 90.9 Å². The minimum absolute atomic E-state index is 0.120. The number of aliphatic hydroxyl groups excluding tert-OH is 2. The molecular formula is C49H94N6O7. The molecule has 0 aliphatic carbocycles. The minimum atomic E-state index is -1.31. The first-order valence-corrected chi connectivity index (χ1v) is 24.9. The molecule has 0 bridgehead atoms. The summed E-state index contributed by atoms with van der Waals surface area (Å²) < 4.78 is 17.0. The van der Waals surface area contributed by atoms with Crippen molar-refractivity contribution >= 4 is 17.9 Å². The van der Waals surface area contributed by atoms with Crippen LogP contribution in [0.5, 0.6) is 0 Å². The van der Waals surface area contributed by atoms with E-state index in [4.69, 9.17) is 24.9 Å². The van der Waals surface area contributed by atoms with E-state index in [-0.39, 0.29) is 44.4 Å². The van der Waals surface area contributed by atoms with Crippen LogP contribution in [-0.4, -0.2) is 107 Å². The van der Waals surface area contributed by atoms with Crippen molar-refractivity contribution in [2.24, 2.45) is 10.7 Å². The lowest BCUT2D eigenvalue weighted by molar-refractivity contribution is -0.231. The maximum Gasteiger partial charge on any atom is 0.336 e. The van der Waals surface area contributed by atoms with Crippen molar-refractivity contribution in [3.8, 4) is 0 Å². The second kappa shape index (κ2) is 34.8. The molecule has 1 rings (SSSR count). The Morgan fingerprint density at radius 2 is 1.13 bits per heavy atom. The summed E-state index contributed by atoms with van der Waals surface area (Å²) in [5.41, 5.74) is 7.57. The van der Waals surface area contributed by atoms with Gasteiger partial charge in [0.25, 0.3) is 6.29 Å². The number of rotatable bonds is 41. The van der Waals surface area contributed by atoms with Gasteiger partial charge in [0.1, 0.15) is 6.61 Å². The van der Waals surface area contributed by atoms with Crippen LogP contribution < -0.4 is 11.1 Å². The molecule has 13 heteroatoms. The van der Waals surface area contributed by atoms with Crippen LogP contribution in [0.3, 0.4) is 0 Å². The third-order valence-corrected chi connectivity index (χ3v) is 12.1. The highest BCUT2D eigenvalue weighted by Gasteiger charge is 2.57. The van der Waals surface area contributed by atoms with Crippen LogP contribution in [0, 0.1) is 0 Å². The molecule has 0 fully saturated rings. The third-order valence-electron chi connectivity index (χ3n) is 12.1. The van der Waals surface area contributed by atoms with Gasteiger partial charge in [0.15, 0.2) is 17.5 Å². The summed E-state index contributed by atoms with van der Waals surface area (Å²) in [5, 5.41) is 25.9. The average molecular weight is 879 g/mol. The van der Waals surface area contributed by atoms with Crippen molar-refractivity contribution in [3.05, 3.63) is 24.3 Å². The zero-order chi connectivity index (χ0) is 46.1. The first-order valence-electron chi connectivity index (χ1n) is 24.9. The highest BCUT2D eigenvalue weighted by atomic mass is 16.7. The minimum Gasteiger partial charge on any atom is -0.419 e. The lowest BCUT2D eigenvalue weighted by atomic mass is 9.95. The van der Waals surface area contributed by atoms with Gasteiger partial charge < -0.3 is 35.1 Å². The SMILES string of the molecule is C=C(C)C(=O)OC(COCCN(CO)C1(CCCCCCCC)N(CCCCCCCC)C(N)=NC(CCCCCCCC)(NCO)N1CCCCCCCC)OC(=O)C(=C)C. The molecule has 2 unspecified atom stereocenters. The van der Waals surface area contributed by atoms with Gasteiger partial charge in [-0.05, 0) is 46.0 Å². The Bertz CT molecular complexity index is 1230. The largest absolute Gasteiger partial charge is 0.419 e. The number of guanidine groups is 1. The number of aliphatic imine (C=N–C) groups is 1. The number of aliphatic hydroxyl groups is 2. The monoisotopic (exact) mass is 879 g/mol. The van der Waals surface area contributed by atoms with Gasteiger partial charge in [-0.15, -0.1) is 0 Å². The Morgan fingerprint density at radius 1 is 0.694 bits per heavy atom. The fourth-order valence-corrected chi connectivity index (χ4v) is 8.55. The molecule has 0 aromatic heterocycles. The van der Waals surface area contributed by atoms with Gasteiger partial charge >= 0.3 is 11.9 Å². The van der Waals surface area contributed by atoms with Gasteiger partial charge in [0.05, 0.1) is 20.1 Å². The van der Waals surface area contributed by atoms with Gasteiger partial charge in [-0.1, -0.05) is 169 Å². The molecule has 2 atom stereocenters. The fourth-order valence-electron chi connectivity index (χ4n) is 8.55. The molecule has 362 valence electrons. The second-order valence-electron chi connectivity index (χ2n) is 17.6. The number of nitrogens with zero attached hydrogens (tertiary/aromatic N) is 4. The molecule has 0 saturated carbocycles. The second-order valence-corrected chi connectivity index (χ2v) is 17.6. The molecule has 62 heavy (non-hydrogen) atoms. The van der Waals surface area contributed by atoms with E-state index < -0.39 is 29.8 Å². The standard InChI is InChI=1S/C49H94N6O7/c1-9-13-17-21-25-29-33-48(51-40-56)52-47(50)54(35-31-27-23-19-15-11-3)49(34-30-26-22-18-14-10-2,55(48)36-32-28-24-20-16-12-4)53(41-57)37-38-60-39-44(61-45(58)42(5)6)62-46(59)43(7)8/h44,51,56-57H,5,7,9-41H2,1-4,6,8H3,(H2,50,52). The maximum absolute atomic E-state index is 12.5. The number of esters is 2. The predicted molar refractivity (Wildman–Crippen MR) is 254 cm³/mol. The Balaban J connectivity index is 3.88. The summed E-state index contributed by atoms with van der Waals surface area (Å²) in [6.07, 6.45) is 26.7. The highest BCUT2D eigenvalue weighted by Crippen LogP contribution is 2.42. The van der Waals surface area contributed by atoms with Crippen molar-refractivity contribution in [3.63, 3.8) is 0 Å². The molecule has 13 nitrogen and oxygen atoms in total. The number of unbranched alkanes of at least 4 members (excludes halogenated alkanes) is 20. The maximum atomic E-state index is 12.5. The zero-order valence-electron chi connectivity index (χ0n) is 40.6. The van der Waals surface area contributed by atoms with Gasteiger partial charge in [0.2, 0.25) is 0 Å². The summed E-state index contributed by atoms with van der Waals surface area (Å²) in [6, 6.07) is 0. The summed E-state index contributed by atoms with van der Waals surface area (Å²) >= 11 is 0. The molecule has 0 spiro atoms. The fraction of sp³-hybridized carbons (Fsp3) is 0.857. The predicted octanol–water partition coefficient (Wildman–Crippen LogP) is 9.82. The van der Waals surface area contributed by atoms with Crippen LogP contribution >= 0.6 is 0 Å². The topological polar surface area (TPSA) is 162 Å². The van der Waals surface area contributed by atoms with E-state index in [9.17, 15) is 19.8 Å². The van der Waals surface area contributed by atoms with Crippen LogP contribution in [0.25, 0.3) is 0 Å². The number of nitrogens with two attached hydrogens (primary N) is 1. The van der Waals surface area contributed by atoms with E-state index in [0.29, 0.717) is 31.9 Å². The molecule has 1 heterocycles. The van der Waals surface area contributed by atoms with Crippen molar-refractivity contribution in [2.45, 2.75) is 226 Å². The zero-order valence-corrected chi connectivity index (χ0v) is 40.6. The van der Waals surface area contributed by atoms with E-state index in [1.807, 2.05) is 0 Å². The number of hydrogen-bond donors (Lipinski definition) is 4. The molecule has 0 aromatic carbocycles. The number of carbonyl (C=O) groups is 2. The summed E-state index contributed by atoms with van der Waals surface area (Å²) in [7, 11) is 0. The Labute approximate surface area is 378 Å². The van der Waals surface area contributed by atoms with Crippen molar-refractivity contribution in [2.75, 3.05) is 46.3 Å². The van der Waals surface area contributed by atoms with Gasteiger partial charge in [-0.3, -0.25) is 5.32 Å². The van der Waals surface area contributed by atoms with Crippen LogP contribution in [0.4, 0.5) is 0 Å². The summed E-state index contributed by atoms with van der Waals surface area (Å²) in [4.78, 5) is 37.2. The Hall–Kier alpha value is -2.55.